The highest BCUT2D eigenvalue weighted by Crippen LogP contribution is 2.21. The lowest BCUT2D eigenvalue weighted by molar-refractivity contribution is -0.134. The summed E-state index contributed by atoms with van der Waals surface area (Å²) in [5, 5.41) is 7.27. The van der Waals surface area contributed by atoms with Crippen molar-refractivity contribution in [2.75, 3.05) is 0 Å². The Morgan fingerprint density at radius 1 is 1.15 bits per heavy atom. The van der Waals surface area contributed by atoms with E-state index in [1.54, 1.807) is 38.1 Å². The van der Waals surface area contributed by atoms with Crippen LogP contribution in [0.3, 0.4) is 0 Å². The minimum atomic E-state index is -1.07. The number of hydrogen-bond donors (Lipinski definition) is 1. The first kappa shape index (κ1) is 17.9. The van der Waals surface area contributed by atoms with Crippen molar-refractivity contribution in [1.29, 1.82) is 0 Å². The topological polar surface area (TPSA) is 77.2 Å². The summed E-state index contributed by atoms with van der Waals surface area (Å²) < 4.78 is 10.9. The molecule has 0 radical (unpaired) electrons. The van der Waals surface area contributed by atoms with Crippen LogP contribution in [-0.4, -0.2) is 21.6 Å². The molecular weight excluding hydrogens is 354 g/mol. The summed E-state index contributed by atoms with van der Waals surface area (Å²) in [5.74, 6) is 1.05. The molecule has 1 amide bonds. The molecule has 0 atom stereocenters. The highest BCUT2D eigenvalue weighted by atomic mass is 35.5. The molecule has 1 aromatic heterocycles. The molecule has 6 nitrogen and oxygen atoms in total. The third-order valence-corrected chi connectivity index (χ3v) is 3.89. The van der Waals surface area contributed by atoms with E-state index in [0.717, 1.165) is 5.56 Å². The number of rotatable bonds is 6. The molecule has 0 fully saturated rings. The van der Waals surface area contributed by atoms with Crippen molar-refractivity contribution < 1.29 is 14.1 Å². The third-order valence-electron chi connectivity index (χ3n) is 3.63. The zero-order valence-electron chi connectivity index (χ0n) is 14.4. The fourth-order valence-corrected chi connectivity index (χ4v) is 2.37. The molecule has 0 aliphatic carbocycles. The molecule has 0 aliphatic heterocycles. The van der Waals surface area contributed by atoms with Crippen molar-refractivity contribution in [2.24, 2.45) is 0 Å². The summed E-state index contributed by atoms with van der Waals surface area (Å²) in [5.41, 5.74) is -0.226. The van der Waals surface area contributed by atoms with Crippen molar-refractivity contribution in [3.8, 4) is 17.1 Å². The molecule has 7 heteroatoms. The first-order valence-electron chi connectivity index (χ1n) is 8.05. The Kier molecular flexibility index (Phi) is 5.23. The number of aromatic nitrogens is 2. The number of benzene rings is 2. The van der Waals surface area contributed by atoms with Crippen LogP contribution in [0.4, 0.5) is 0 Å². The molecule has 0 bridgehead atoms. The van der Waals surface area contributed by atoms with Gasteiger partial charge >= 0.3 is 0 Å². The summed E-state index contributed by atoms with van der Waals surface area (Å²) in [7, 11) is 0. The van der Waals surface area contributed by atoms with Crippen LogP contribution in [0.1, 0.15) is 19.7 Å². The first-order valence-corrected chi connectivity index (χ1v) is 8.43. The van der Waals surface area contributed by atoms with Crippen molar-refractivity contribution in [3.05, 3.63) is 65.5 Å². The van der Waals surface area contributed by atoms with Crippen LogP contribution in [0.15, 0.2) is 59.1 Å². The molecule has 0 unspecified atom stereocenters. The first-order chi connectivity index (χ1) is 12.4. The second-order valence-electron chi connectivity index (χ2n) is 6.13. The number of carbonyl (C=O) groups excluding carboxylic acids is 1. The van der Waals surface area contributed by atoms with Crippen LogP contribution in [0.25, 0.3) is 11.4 Å². The zero-order valence-corrected chi connectivity index (χ0v) is 15.2. The van der Waals surface area contributed by atoms with E-state index in [1.807, 2.05) is 30.3 Å². The van der Waals surface area contributed by atoms with Gasteiger partial charge in [-0.05, 0) is 38.1 Å². The average Bonchev–Trinajstić information content (AvgIpc) is 3.11. The zero-order chi connectivity index (χ0) is 18.6. The predicted molar refractivity (Wildman–Crippen MR) is 97.7 cm³/mol. The summed E-state index contributed by atoms with van der Waals surface area (Å²) >= 11 is 5.85. The van der Waals surface area contributed by atoms with Gasteiger partial charge in [0.25, 0.3) is 5.91 Å². The second-order valence-corrected chi connectivity index (χ2v) is 6.56. The monoisotopic (exact) mass is 371 g/mol. The number of amides is 1. The van der Waals surface area contributed by atoms with E-state index in [-0.39, 0.29) is 12.5 Å². The number of hydrogen-bond acceptors (Lipinski definition) is 5. The van der Waals surface area contributed by atoms with E-state index in [4.69, 9.17) is 20.9 Å². The molecule has 0 saturated heterocycles. The minimum absolute atomic E-state index is 0.117. The van der Waals surface area contributed by atoms with Crippen molar-refractivity contribution in [2.45, 2.75) is 26.0 Å². The summed E-state index contributed by atoms with van der Waals surface area (Å²) in [4.78, 5) is 16.7. The normalized spacial score (nSPS) is 11.2. The van der Waals surface area contributed by atoms with Crippen LogP contribution in [-0.2, 0) is 11.3 Å². The molecule has 0 saturated carbocycles. The Balaban J connectivity index is 1.59. The van der Waals surface area contributed by atoms with E-state index in [9.17, 15) is 4.79 Å². The smallest absolute Gasteiger partial charge is 0.264 e. The van der Waals surface area contributed by atoms with E-state index in [0.29, 0.717) is 22.5 Å². The minimum Gasteiger partial charge on any atom is -0.478 e. The fraction of sp³-hybridized carbons (Fsp3) is 0.211. The van der Waals surface area contributed by atoms with Gasteiger partial charge in [-0.2, -0.15) is 4.98 Å². The molecule has 2 aromatic carbocycles. The molecule has 1 N–H and O–H groups in total. The summed E-state index contributed by atoms with van der Waals surface area (Å²) in [6, 6.07) is 16.3. The molecule has 1 heterocycles. The van der Waals surface area contributed by atoms with Gasteiger partial charge in [0.1, 0.15) is 5.75 Å². The van der Waals surface area contributed by atoms with Crippen LogP contribution in [0.2, 0.25) is 5.02 Å². The van der Waals surface area contributed by atoms with Gasteiger partial charge in [0.05, 0.1) is 6.54 Å². The summed E-state index contributed by atoms with van der Waals surface area (Å²) in [6.45, 7) is 3.48. The molecule has 3 aromatic rings. The van der Waals surface area contributed by atoms with Gasteiger partial charge in [-0.3, -0.25) is 4.79 Å². The lowest BCUT2D eigenvalue weighted by Crippen LogP contribution is -2.46. The Labute approximate surface area is 156 Å². The van der Waals surface area contributed by atoms with Crippen molar-refractivity contribution >= 4 is 17.5 Å². The Morgan fingerprint density at radius 2 is 1.85 bits per heavy atom. The van der Waals surface area contributed by atoms with Gasteiger partial charge in [-0.1, -0.05) is 47.1 Å². The van der Waals surface area contributed by atoms with Gasteiger partial charge in [-0.15, -0.1) is 0 Å². The highest BCUT2D eigenvalue weighted by molar-refractivity contribution is 6.30. The molecule has 26 heavy (non-hydrogen) atoms. The van der Waals surface area contributed by atoms with Crippen molar-refractivity contribution in [3.63, 3.8) is 0 Å². The number of nitrogens with one attached hydrogen (secondary N) is 1. The van der Waals surface area contributed by atoms with E-state index < -0.39 is 5.60 Å². The maximum absolute atomic E-state index is 12.4. The van der Waals surface area contributed by atoms with Gasteiger partial charge in [0.15, 0.2) is 5.60 Å². The number of carbonyl (C=O) groups is 1. The third kappa shape index (κ3) is 4.40. The van der Waals surface area contributed by atoms with Crippen LogP contribution in [0, 0.1) is 0 Å². The molecule has 0 aliphatic rings. The lowest BCUT2D eigenvalue weighted by Gasteiger charge is -2.25. The fourth-order valence-electron chi connectivity index (χ4n) is 2.24. The van der Waals surface area contributed by atoms with Crippen molar-refractivity contribution in [1.82, 2.24) is 15.5 Å². The largest absolute Gasteiger partial charge is 0.478 e. The average molecular weight is 372 g/mol. The van der Waals surface area contributed by atoms with Crippen LogP contribution < -0.4 is 10.1 Å². The van der Waals surface area contributed by atoms with Gasteiger partial charge < -0.3 is 14.6 Å². The lowest BCUT2D eigenvalue weighted by atomic mass is 10.1. The predicted octanol–water partition coefficient (Wildman–Crippen LogP) is 3.86. The number of ether oxygens (including phenoxy) is 1. The Bertz CT molecular complexity index is 877. The molecule has 3 rings (SSSR count). The number of nitrogens with zero attached hydrogens (tertiary/aromatic N) is 2. The Hall–Kier alpha value is -2.86. The Morgan fingerprint density at radius 3 is 2.54 bits per heavy atom. The van der Waals surface area contributed by atoms with E-state index in [2.05, 4.69) is 15.5 Å². The van der Waals surface area contributed by atoms with Crippen LogP contribution in [0.5, 0.6) is 5.75 Å². The van der Waals surface area contributed by atoms with Gasteiger partial charge in [-0.25, -0.2) is 0 Å². The maximum atomic E-state index is 12.4. The van der Waals surface area contributed by atoms with Gasteiger partial charge in [0.2, 0.25) is 11.7 Å². The number of halogens is 1. The summed E-state index contributed by atoms with van der Waals surface area (Å²) in [6.07, 6.45) is 0. The highest BCUT2D eigenvalue weighted by Gasteiger charge is 2.30. The molecule has 0 spiro atoms. The molecular formula is C19H18ClN3O3. The maximum Gasteiger partial charge on any atom is 0.264 e. The second kappa shape index (κ2) is 7.58. The quantitative estimate of drug-likeness (QED) is 0.711. The van der Waals surface area contributed by atoms with E-state index >= 15 is 0 Å². The van der Waals surface area contributed by atoms with E-state index in [1.165, 1.54) is 0 Å². The molecule has 134 valence electrons. The SMILES string of the molecule is CC(C)(Oc1ccc(Cl)cc1)C(=O)NCc1nc(-c2ccccc2)no1. The van der Waals surface area contributed by atoms with Crippen LogP contribution >= 0.6 is 11.6 Å². The van der Waals surface area contributed by atoms with Gasteiger partial charge in [0, 0.05) is 10.6 Å². The standard InChI is InChI=1S/C19H18ClN3O3/c1-19(2,25-15-10-8-14(20)9-11-15)18(24)21-12-16-22-17(23-26-16)13-6-4-3-5-7-13/h3-11H,12H2,1-2H3,(H,21,24).